The minimum absolute atomic E-state index is 0.116. The van der Waals surface area contributed by atoms with E-state index in [1.165, 1.54) is 28.6 Å². The zero-order chi connectivity index (χ0) is 32.3. The van der Waals surface area contributed by atoms with Crippen molar-refractivity contribution in [3.63, 3.8) is 0 Å². The lowest BCUT2D eigenvalue weighted by molar-refractivity contribution is -0.438. The van der Waals surface area contributed by atoms with Crippen LogP contribution >= 0.6 is 0 Å². The van der Waals surface area contributed by atoms with Gasteiger partial charge in [-0.2, -0.15) is 13.0 Å². The van der Waals surface area contributed by atoms with Gasteiger partial charge >= 0.3 is 5.97 Å². The average Bonchev–Trinajstić information content (AvgIpc) is 3.28. The third-order valence-corrected chi connectivity index (χ3v) is 9.80. The molecule has 2 aliphatic heterocycles. The van der Waals surface area contributed by atoms with Gasteiger partial charge in [0.15, 0.2) is 5.71 Å². The molecule has 0 spiro atoms. The highest BCUT2D eigenvalue weighted by atomic mass is 32.2. The summed E-state index contributed by atoms with van der Waals surface area (Å²) in [4.78, 5) is 13.3. The topological polar surface area (TPSA) is 97.9 Å². The molecular weight excluding hydrogens is 572 g/mol. The van der Waals surface area contributed by atoms with Crippen LogP contribution in [0.25, 0.3) is 0 Å². The molecule has 0 radical (unpaired) electrons. The number of nitrogens with zero attached hydrogens (tertiary/aromatic N) is 2. The highest BCUT2D eigenvalue weighted by molar-refractivity contribution is 7.85. The number of carboxylic acid groups (broad SMARTS) is 1. The Morgan fingerprint density at radius 1 is 0.932 bits per heavy atom. The first-order chi connectivity index (χ1) is 20.7. The molecule has 236 valence electrons. The van der Waals surface area contributed by atoms with E-state index in [-0.39, 0.29) is 16.7 Å². The molecule has 0 aliphatic carbocycles. The van der Waals surface area contributed by atoms with Crippen LogP contribution in [0.1, 0.15) is 89.8 Å². The van der Waals surface area contributed by atoms with Gasteiger partial charge in [0, 0.05) is 53.9 Å². The number of hydrogen-bond acceptors (Lipinski definition) is 4. The van der Waals surface area contributed by atoms with Crippen molar-refractivity contribution >= 4 is 33.2 Å². The Morgan fingerprint density at radius 2 is 1.68 bits per heavy atom. The molecule has 0 saturated heterocycles. The van der Waals surface area contributed by atoms with E-state index in [0.717, 1.165) is 49.2 Å². The summed E-state index contributed by atoms with van der Waals surface area (Å²) in [6.45, 7) is 14.7. The number of aryl methyl sites for hydroxylation is 1. The minimum Gasteiger partial charge on any atom is -0.481 e. The van der Waals surface area contributed by atoms with Crippen molar-refractivity contribution in [2.75, 3.05) is 18.0 Å². The van der Waals surface area contributed by atoms with Gasteiger partial charge in [-0.15, -0.1) is 0 Å². The Hall–Kier alpha value is -3.49. The fourth-order valence-electron chi connectivity index (χ4n) is 6.48. The van der Waals surface area contributed by atoms with E-state index in [2.05, 4.69) is 87.4 Å². The van der Waals surface area contributed by atoms with Crippen LogP contribution in [0.3, 0.4) is 0 Å². The van der Waals surface area contributed by atoms with Crippen molar-refractivity contribution in [2.24, 2.45) is 0 Å². The van der Waals surface area contributed by atoms with Crippen LogP contribution in [0.5, 0.6) is 0 Å². The third-order valence-electron chi connectivity index (χ3n) is 8.95. The van der Waals surface area contributed by atoms with Crippen LogP contribution in [0, 0.1) is 6.92 Å². The van der Waals surface area contributed by atoms with E-state index in [4.69, 9.17) is 5.11 Å². The Labute approximate surface area is 263 Å². The first-order valence-electron chi connectivity index (χ1n) is 15.6. The average molecular weight is 620 g/mol. The molecule has 7 nitrogen and oxygen atoms in total. The summed E-state index contributed by atoms with van der Waals surface area (Å²) in [6.07, 6.45) is 15.0. The Bertz CT molecular complexity index is 1640. The number of unbranched alkanes of at least 4 members (excludes halogenated alkanes) is 3. The summed E-state index contributed by atoms with van der Waals surface area (Å²) in [5.74, 6) is -0.791. The van der Waals surface area contributed by atoms with Crippen LogP contribution in [0.15, 0.2) is 77.4 Å². The Kier molecular flexibility index (Phi) is 10.1. The standard InChI is InChI=1S/C36H46N2O5S/c1-7-8-22-37-30-20-18-26(2)24-28(30)35(3,4)32(37)15-11-9-12-16-33-36(5,6)29-25-27(44(41,42)43)19-21-31(29)38(33)23-14-10-13-17-34(39)40/h9,11-12,15-16,18-21,24-25H,7-8,10,13-14,17,22-23H2,1-6H3,(H-,39,40,41,42,43)/p+1. The first kappa shape index (κ1) is 33.4. The highest BCUT2D eigenvalue weighted by Gasteiger charge is 2.45. The quantitative estimate of drug-likeness (QED) is 0.103. The maximum Gasteiger partial charge on any atom is 0.303 e. The van der Waals surface area contributed by atoms with Gasteiger partial charge in [-0.3, -0.25) is 9.35 Å². The molecule has 0 amide bonds. The number of carboxylic acids is 1. The van der Waals surface area contributed by atoms with Gasteiger partial charge in [-0.1, -0.05) is 63.1 Å². The molecule has 0 atom stereocenters. The van der Waals surface area contributed by atoms with Crippen molar-refractivity contribution in [1.82, 2.24) is 0 Å². The Morgan fingerprint density at radius 3 is 2.36 bits per heavy atom. The Balaban J connectivity index is 1.64. The molecule has 2 aromatic carbocycles. The normalized spacial score (nSPS) is 18.2. The minimum atomic E-state index is -4.34. The maximum absolute atomic E-state index is 11.9. The molecule has 2 heterocycles. The van der Waals surface area contributed by atoms with Crippen molar-refractivity contribution in [2.45, 2.75) is 95.8 Å². The maximum atomic E-state index is 11.9. The molecule has 2 aromatic rings. The summed E-state index contributed by atoms with van der Waals surface area (Å²) in [7, 11) is -4.34. The van der Waals surface area contributed by atoms with Gasteiger partial charge in [0.25, 0.3) is 10.1 Å². The summed E-state index contributed by atoms with van der Waals surface area (Å²) in [5.41, 5.74) is 7.30. The second-order valence-corrected chi connectivity index (χ2v) is 14.4. The van der Waals surface area contributed by atoms with Gasteiger partial charge in [0.05, 0.1) is 10.3 Å². The van der Waals surface area contributed by atoms with E-state index < -0.39 is 21.5 Å². The lowest BCUT2D eigenvalue weighted by Gasteiger charge is -2.27. The first-order valence-corrected chi connectivity index (χ1v) is 17.1. The zero-order valence-electron chi connectivity index (χ0n) is 26.9. The lowest BCUT2D eigenvalue weighted by Crippen LogP contribution is -2.28. The van der Waals surface area contributed by atoms with Crippen LogP contribution in [-0.4, -0.2) is 47.4 Å². The fraction of sp³-hybridized carbons (Fsp3) is 0.444. The monoisotopic (exact) mass is 619 g/mol. The molecule has 2 N–H and O–H groups in total. The second-order valence-electron chi connectivity index (χ2n) is 13.0. The number of fused-ring (bicyclic) bond motifs is 2. The number of hydrogen-bond donors (Lipinski definition) is 2. The number of allylic oxidation sites excluding steroid dienone is 6. The summed E-state index contributed by atoms with van der Waals surface area (Å²) < 4.78 is 35.8. The lowest BCUT2D eigenvalue weighted by atomic mass is 9.81. The van der Waals surface area contributed by atoms with Crippen LogP contribution < -0.4 is 4.90 Å². The third kappa shape index (κ3) is 6.92. The fourth-order valence-corrected chi connectivity index (χ4v) is 6.99. The molecule has 4 rings (SSSR count). The molecule has 8 heteroatoms. The van der Waals surface area contributed by atoms with Gasteiger partial charge in [0.1, 0.15) is 6.54 Å². The summed E-state index contributed by atoms with van der Waals surface area (Å²) >= 11 is 0. The molecule has 0 aromatic heterocycles. The van der Waals surface area contributed by atoms with E-state index in [9.17, 15) is 17.8 Å². The SMILES string of the molecule is CCCCN1C(=CC=CC=CC2=[N+](CCCCCC(=O)O)c3ccc(S(=O)(=O)O)cc3C2(C)C)C(C)(C)c2cc(C)ccc21. The second kappa shape index (κ2) is 13.2. The van der Waals surface area contributed by atoms with E-state index >= 15 is 0 Å². The number of carbonyl (C=O) groups is 1. The van der Waals surface area contributed by atoms with Crippen LogP contribution in [0.4, 0.5) is 11.4 Å². The van der Waals surface area contributed by atoms with Crippen molar-refractivity contribution in [3.05, 3.63) is 89.2 Å². The van der Waals surface area contributed by atoms with Crippen molar-refractivity contribution in [1.29, 1.82) is 0 Å². The van der Waals surface area contributed by atoms with E-state index in [1.807, 2.05) is 12.2 Å². The predicted octanol–water partition coefficient (Wildman–Crippen LogP) is 7.86. The van der Waals surface area contributed by atoms with Crippen molar-refractivity contribution in [3.8, 4) is 0 Å². The predicted molar refractivity (Wildman–Crippen MR) is 178 cm³/mol. The smallest absolute Gasteiger partial charge is 0.303 e. The summed E-state index contributed by atoms with van der Waals surface area (Å²) in [6, 6.07) is 11.5. The molecule has 0 bridgehead atoms. The van der Waals surface area contributed by atoms with Gasteiger partial charge in [0.2, 0.25) is 5.69 Å². The van der Waals surface area contributed by atoms with Gasteiger partial charge in [-0.05, 0) is 69.9 Å². The number of rotatable bonds is 13. The molecule has 44 heavy (non-hydrogen) atoms. The number of anilines is 1. The van der Waals surface area contributed by atoms with Gasteiger partial charge in [-0.25, -0.2) is 0 Å². The van der Waals surface area contributed by atoms with Gasteiger partial charge < -0.3 is 10.0 Å². The molecular formula is C36H47N2O5S+. The molecule has 0 unspecified atom stereocenters. The highest BCUT2D eigenvalue weighted by Crippen LogP contribution is 2.48. The number of benzene rings is 2. The molecule has 0 saturated carbocycles. The van der Waals surface area contributed by atoms with Crippen LogP contribution in [-0.2, 0) is 25.7 Å². The van der Waals surface area contributed by atoms with E-state index in [1.54, 1.807) is 12.1 Å². The van der Waals surface area contributed by atoms with E-state index in [0.29, 0.717) is 13.0 Å². The zero-order valence-corrected chi connectivity index (χ0v) is 27.7. The summed E-state index contributed by atoms with van der Waals surface area (Å²) in [5, 5.41) is 9.00. The largest absolute Gasteiger partial charge is 0.481 e. The molecule has 2 aliphatic rings. The van der Waals surface area contributed by atoms with Crippen molar-refractivity contribution < 1.29 is 27.4 Å². The van der Waals surface area contributed by atoms with Crippen LogP contribution in [0.2, 0.25) is 0 Å². The number of aliphatic carboxylic acids is 1. The molecule has 0 fully saturated rings.